The van der Waals surface area contributed by atoms with Gasteiger partial charge in [-0.15, -0.1) is 0 Å². The summed E-state index contributed by atoms with van der Waals surface area (Å²) in [5.41, 5.74) is 1.41. The van der Waals surface area contributed by atoms with Crippen molar-refractivity contribution in [1.29, 1.82) is 0 Å². The highest BCUT2D eigenvalue weighted by molar-refractivity contribution is 5.15. The number of nitrogens with zero attached hydrogens (tertiary/aromatic N) is 1. The smallest absolute Gasteiger partial charge is 0.0897 e. The lowest BCUT2D eigenvalue weighted by Gasteiger charge is -2.23. The first kappa shape index (κ1) is 15.9. The molecule has 1 aromatic carbocycles. The van der Waals surface area contributed by atoms with Gasteiger partial charge in [-0.25, -0.2) is 0 Å². The second kappa shape index (κ2) is 7.55. The van der Waals surface area contributed by atoms with E-state index < -0.39 is 6.10 Å². The van der Waals surface area contributed by atoms with Crippen LogP contribution in [0.25, 0.3) is 0 Å². The van der Waals surface area contributed by atoms with Gasteiger partial charge in [-0.2, -0.15) is 0 Å². The molecule has 22 heavy (non-hydrogen) atoms. The maximum atomic E-state index is 9.80. The van der Waals surface area contributed by atoms with Crippen LogP contribution >= 0.6 is 0 Å². The monoisotopic (exact) mass is 304 g/mol. The molecule has 1 saturated carbocycles. The molecule has 2 fully saturated rings. The molecule has 2 aliphatic rings. The molecule has 0 spiro atoms. The quantitative estimate of drug-likeness (QED) is 0.801. The lowest BCUT2D eigenvalue weighted by Crippen LogP contribution is -2.41. The fourth-order valence-electron chi connectivity index (χ4n) is 4.12. The van der Waals surface area contributed by atoms with Crippen LogP contribution < -0.4 is 5.32 Å². The predicted molar refractivity (Wildman–Crippen MR) is 87.6 cm³/mol. The molecule has 1 saturated heterocycles. The molecule has 1 aromatic rings. The molecule has 4 unspecified atom stereocenters. The zero-order valence-electron chi connectivity index (χ0n) is 13.4. The van der Waals surface area contributed by atoms with Crippen LogP contribution in [0.4, 0.5) is 0 Å². The van der Waals surface area contributed by atoms with Crippen molar-refractivity contribution >= 4 is 0 Å². The van der Waals surface area contributed by atoms with Gasteiger partial charge in [0.25, 0.3) is 0 Å². The summed E-state index contributed by atoms with van der Waals surface area (Å²) in [6, 6.07) is 11.3. The molecule has 2 N–H and O–H groups in total. The second-order valence-corrected chi connectivity index (χ2v) is 6.80. The molecule has 1 heterocycles. The Labute approximate surface area is 133 Å². The van der Waals surface area contributed by atoms with Gasteiger partial charge in [0.15, 0.2) is 0 Å². The van der Waals surface area contributed by atoms with E-state index in [1.54, 1.807) is 7.11 Å². The molecule has 0 aromatic heterocycles. The topological polar surface area (TPSA) is 44.7 Å². The van der Waals surface area contributed by atoms with Gasteiger partial charge < -0.3 is 15.2 Å². The molecule has 122 valence electrons. The molecule has 1 aliphatic carbocycles. The molecule has 4 atom stereocenters. The summed E-state index contributed by atoms with van der Waals surface area (Å²) in [5, 5.41) is 13.4. The van der Waals surface area contributed by atoms with Gasteiger partial charge in [0.1, 0.15) is 0 Å². The van der Waals surface area contributed by atoms with Crippen molar-refractivity contribution in [3.63, 3.8) is 0 Å². The van der Waals surface area contributed by atoms with Crippen LogP contribution in [-0.2, 0) is 11.3 Å². The lowest BCUT2D eigenvalue weighted by atomic mass is 9.98. The standard InChI is InChI=1S/C18H28N2O2/c1-22-13-16(21)9-19-18-8-7-15-11-20(12-17(15)18)10-14-5-3-2-4-6-14/h2-6,15-19,21H,7-13H2,1H3. The number of likely N-dealkylation sites (tertiary alicyclic amines) is 1. The number of aliphatic hydroxyl groups is 1. The molecular formula is C18H28N2O2. The molecule has 0 amide bonds. The lowest BCUT2D eigenvalue weighted by molar-refractivity contribution is 0.0616. The average molecular weight is 304 g/mol. The summed E-state index contributed by atoms with van der Waals surface area (Å²) in [6.45, 7) is 4.51. The fourth-order valence-corrected chi connectivity index (χ4v) is 4.12. The Morgan fingerprint density at radius 2 is 2.09 bits per heavy atom. The zero-order chi connectivity index (χ0) is 15.4. The Bertz CT molecular complexity index is 454. The summed E-state index contributed by atoms with van der Waals surface area (Å²) in [7, 11) is 1.63. The molecule has 0 radical (unpaired) electrons. The van der Waals surface area contributed by atoms with Gasteiger partial charge >= 0.3 is 0 Å². The minimum atomic E-state index is -0.397. The molecular weight excluding hydrogens is 276 g/mol. The molecule has 1 aliphatic heterocycles. The van der Waals surface area contributed by atoms with E-state index in [0.29, 0.717) is 19.2 Å². The molecule has 0 bridgehead atoms. The Kier molecular flexibility index (Phi) is 5.47. The molecule has 4 nitrogen and oxygen atoms in total. The summed E-state index contributed by atoms with van der Waals surface area (Å²) >= 11 is 0. The van der Waals surface area contributed by atoms with E-state index >= 15 is 0 Å². The predicted octanol–water partition coefficient (Wildman–Crippen LogP) is 1.49. The van der Waals surface area contributed by atoms with Crippen LogP contribution in [-0.4, -0.2) is 55.5 Å². The second-order valence-electron chi connectivity index (χ2n) is 6.80. The summed E-state index contributed by atoms with van der Waals surface area (Å²) < 4.78 is 4.99. The van der Waals surface area contributed by atoms with Crippen LogP contribution in [0.2, 0.25) is 0 Å². The summed E-state index contributed by atoms with van der Waals surface area (Å²) in [4.78, 5) is 2.59. The van der Waals surface area contributed by atoms with Gasteiger partial charge in [0.05, 0.1) is 12.7 Å². The SMILES string of the molecule is COCC(O)CNC1CCC2CN(Cc3ccccc3)CC21. The van der Waals surface area contributed by atoms with Crippen molar-refractivity contribution < 1.29 is 9.84 Å². The van der Waals surface area contributed by atoms with Gasteiger partial charge in [-0.05, 0) is 30.2 Å². The highest BCUT2D eigenvalue weighted by Crippen LogP contribution is 2.38. The van der Waals surface area contributed by atoms with E-state index in [2.05, 4.69) is 40.5 Å². The first-order valence-corrected chi connectivity index (χ1v) is 8.43. The maximum absolute atomic E-state index is 9.80. The van der Waals surface area contributed by atoms with Gasteiger partial charge in [-0.1, -0.05) is 30.3 Å². The number of hydrogen-bond acceptors (Lipinski definition) is 4. The van der Waals surface area contributed by atoms with Gasteiger partial charge in [0, 0.05) is 39.3 Å². The third-order valence-electron chi connectivity index (χ3n) is 5.16. The van der Waals surface area contributed by atoms with Crippen LogP contribution in [0.5, 0.6) is 0 Å². The van der Waals surface area contributed by atoms with Crippen molar-refractivity contribution in [1.82, 2.24) is 10.2 Å². The van der Waals surface area contributed by atoms with Crippen molar-refractivity contribution in [2.24, 2.45) is 11.8 Å². The highest BCUT2D eigenvalue weighted by atomic mass is 16.5. The van der Waals surface area contributed by atoms with Crippen molar-refractivity contribution in [3.8, 4) is 0 Å². The first-order valence-electron chi connectivity index (χ1n) is 8.43. The van der Waals surface area contributed by atoms with Gasteiger partial charge in [-0.3, -0.25) is 4.90 Å². The van der Waals surface area contributed by atoms with E-state index in [4.69, 9.17) is 4.74 Å². The van der Waals surface area contributed by atoms with Crippen LogP contribution in [0.15, 0.2) is 30.3 Å². The van der Waals surface area contributed by atoms with Crippen molar-refractivity contribution in [3.05, 3.63) is 35.9 Å². The van der Waals surface area contributed by atoms with E-state index in [1.165, 1.54) is 31.5 Å². The Balaban J connectivity index is 1.48. The Morgan fingerprint density at radius 1 is 1.27 bits per heavy atom. The number of nitrogens with one attached hydrogen (secondary N) is 1. The maximum Gasteiger partial charge on any atom is 0.0897 e. The van der Waals surface area contributed by atoms with Crippen LogP contribution in [0.3, 0.4) is 0 Å². The molecule has 3 rings (SSSR count). The minimum absolute atomic E-state index is 0.397. The van der Waals surface area contributed by atoms with E-state index in [9.17, 15) is 5.11 Å². The van der Waals surface area contributed by atoms with Crippen molar-refractivity contribution in [2.45, 2.75) is 31.5 Å². The fraction of sp³-hybridized carbons (Fsp3) is 0.667. The Hall–Kier alpha value is -0.940. The van der Waals surface area contributed by atoms with Crippen LogP contribution in [0, 0.1) is 11.8 Å². The third-order valence-corrected chi connectivity index (χ3v) is 5.16. The normalized spacial score (nSPS) is 29.6. The molecule has 4 heteroatoms. The van der Waals surface area contributed by atoms with Crippen molar-refractivity contribution in [2.75, 3.05) is 33.4 Å². The largest absolute Gasteiger partial charge is 0.389 e. The summed E-state index contributed by atoms with van der Waals surface area (Å²) in [6.07, 6.45) is 2.16. The number of ether oxygens (including phenoxy) is 1. The van der Waals surface area contributed by atoms with E-state index in [0.717, 1.165) is 18.4 Å². The van der Waals surface area contributed by atoms with Crippen LogP contribution in [0.1, 0.15) is 18.4 Å². The average Bonchev–Trinajstić information content (AvgIpc) is 3.07. The highest BCUT2D eigenvalue weighted by Gasteiger charge is 2.42. The number of rotatable bonds is 7. The van der Waals surface area contributed by atoms with Gasteiger partial charge in [0.2, 0.25) is 0 Å². The number of methoxy groups -OCH3 is 1. The number of hydrogen-bond donors (Lipinski definition) is 2. The zero-order valence-corrected chi connectivity index (χ0v) is 13.4. The number of fused-ring (bicyclic) bond motifs is 1. The minimum Gasteiger partial charge on any atom is -0.389 e. The third kappa shape index (κ3) is 3.87. The van der Waals surface area contributed by atoms with E-state index in [1.807, 2.05) is 0 Å². The summed E-state index contributed by atoms with van der Waals surface area (Å²) in [5.74, 6) is 1.55. The first-order chi connectivity index (χ1) is 10.8. The van der Waals surface area contributed by atoms with E-state index in [-0.39, 0.29) is 0 Å². The Morgan fingerprint density at radius 3 is 2.86 bits per heavy atom. The number of benzene rings is 1. The number of aliphatic hydroxyl groups excluding tert-OH is 1.